The van der Waals surface area contributed by atoms with Crippen LogP contribution in [-0.4, -0.2) is 31.7 Å². The predicted octanol–water partition coefficient (Wildman–Crippen LogP) is 7.18. The van der Waals surface area contributed by atoms with E-state index in [0.717, 1.165) is 38.1 Å². The Kier molecular flexibility index (Phi) is 9.27. The fourth-order valence-corrected chi connectivity index (χ4v) is 6.44. The summed E-state index contributed by atoms with van der Waals surface area (Å²) in [5, 5.41) is 5.16. The molecule has 1 N–H and O–H groups in total. The van der Waals surface area contributed by atoms with Gasteiger partial charge in [0.2, 0.25) is 0 Å². The van der Waals surface area contributed by atoms with Crippen molar-refractivity contribution in [3.05, 3.63) is 111 Å². The molecular weight excluding hydrogens is 579 g/mol. The monoisotopic (exact) mass is 610 g/mol. The van der Waals surface area contributed by atoms with E-state index in [1.165, 1.54) is 6.21 Å². The van der Waals surface area contributed by atoms with Crippen LogP contribution in [-0.2, 0) is 14.8 Å². The Hall–Kier alpha value is -3.59. The number of aromatic nitrogens is 1. The Balaban J connectivity index is 1.57. The first-order valence-electron chi connectivity index (χ1n) is 13.0. The molecule has 0 atom stereocenters. The largest absolute Gasteiger partial charge is 0.318 e. The quantitative estimate of drug-likeness (QED) is 0.161. The highest BCUT2D eigenvalue weighted by atomic mass is 35.5. The van der Waals surface area contributed by atoms with Crippen molar-refractivity contribution in [2.24, 2.45) is 5.10 Å². The van der Waals surface area contributed by atoms with Crippen molar-refractivity contribution in [1.82, 2.24) is 9.99 Å². The number of amides is 1. The van der Waals surface area contributed by atoms with Gasteiger partial charge in [0.05, 0.1) is 16.8 Å². The molecule has 1 heterocycles. The number of carbonyl (C=O) groups excluding carboxylic acids is 1. The molecule has 0 bridgehead atoms. The molecule has 0 fully saturated rings. The molecule has 214 valence electrons. The Morgan fingerprint density at radius 2 is 1.56 bits per heavy atom. The zero-order valence-corrected chi connectivity index (χ0v) is 25.8. The topological polar surface area (TPSA) is 83.8 Å². The number of nitrogens with zero attached hydrogens (tertiary/aromatic N) is 3. The summed E-state index contributed by atoms with van der Waals surface area (Å²) in [7, 11) is -4.03. The third kappa shape index (κ3) is 7.01. The average Bonchev–Trinajstić information content (AvgIpc) is 3.19. The zero-order chi connectivity index (χ0) is 29.9. The summed E-state index contributed by atoms with van der Waals surface area (Å²) in [6.45, 7) is 9.41. The normalized spacial score (nSPS) is 11.8. The van der Waals surface area contributed by atoms with Crippen LogP contribution in [0.15, 0.2) is 82.8 Å². The van der Waals surface area contributed by atoms with Crippen molar-refractivity contribution >= 4 is 51.0 Å². The summed E-state index contributed by atoms with van der Waals surface area (Å²) in [5.74, 6) is -0.304. The molecule has 0 aliphatic carbocycles. The molecule has 0 radical (unpaired) electrons. The van der Waals surface area contributed by atoms with Gasteiger partial charge in [-0.05, 0) is 80.8 Å². The second-order valence-corrected chi connectivity index (χ2v) is 12.9. The highest BCUT2D eigenvalue weighted by Crippen LogP contribution is 2.27. The third-order valence-corrected chi connectivity index (χ3v) is 8.94. The molecule has 7 nitrogen and oxygen atoms in total. The molecule has 1 amide bonds. The van der Waals surface area contributed by atoms with Crippen molar-refractivity contribution in [2.75, 3.05) is 10.8 Å². The third-order valence-electron chi connectivity index (χ3n) is 6.71. The molecule has 0 aliphatic rings. The Labute approximate surface area is 251 Å². The van der Waals surface area contributed by atoms with E-state index in [2.05, 4.69) is 24.4 Å². The molecule has 10 heteroatoms. The number of hydrazone groups is 1. The fraction of sp³-hybridized carbons (Fsp3) is 0.226. The number of hydrogen-bond acceptors (Lipinski definition) is 4. The van der Waals surface area contributed by atoms with E-state index in [-0.39, 0.29) is 10.8 Å². The van der Waals surface area contributed by atoms with Crippen LogP contribution in [0.25, 0.3) is 5.69 Å². The molecule has 41 heavy (non-hydrogen) atoms. The van der Waals surface area contributed by atoms with Gasteiger partial charge in [-0.15, -0.1) is 0 Å². The number of benzene rings is 3. The van der Waals surface area contributed by atoms with Crippen LogP contribution in [0, 0.1) is 20.8 Å². The molecule has 4 aromatic rings. The summed E-state index contributed by atoms with van der Waals surface area (Å²) in [4.78, 5) is 13.1. The van der Waals surface area contributed by atoms with Crippen LogP contribution in [0.4, 0.5) is 5.69 Å². The van der Waals surface area contributed by atoms with Gasteiger partial charge in [-0.2, -0.15) is 5.10 Å². The minimum Gasteiger partial charge on any atom is -0.318 e. The number of carbonyl (C=O) groups is 1. The van der Waals surface area contributed by atoms with Gasteiger partial charge in [0.1, 0.15) is 6.54 Å². The lowest BCUT2D eigenvalue weighted by molar-refractivity contribution is -0.119. The van der Waals surface area contributed by atoms with Gasteiger partial charge < -0.3 is 4.57 Å². The average molecular weight is 612 g/mol. The van der Waals surface area contributed by atoms with Crippen molar-refractivity contribution in [1.29, 1.82) is 0 Å². The summed E-state index contributed by atoms with van der Waals surface area (Å²) in [5.41, 5.74) is 8.23. The maximum Gasteiger partial charge on any atom is 0.264 e. The van der Waals surface area contributed by atoms with Gasteiger partial charge >= 0.3 is 0 Å². The number of anilines is 1. The molecule has 0 spiro atoms. The fourth-order valence-electron chi connectivity index (χ4n) is 4.50. The van der Waals surface area contributed by atoms with E-state index in [1.54, 1.807) is 42.5 Å². The molecule has 0 aliphatic heterocycles. The molecule has 0 saturated carbocycles. The van der Waals surface area contributed by atoms with Gasteiger partial charge in [0, 0.05) is 32.7 Å². The first kappa shape index (κ1) is 30.4. The molecule has 0 unspecified atom stereocenters. The number of aryl methyl sites for hydroxylation is 2. The highest BCUT2D eigenvalue weighted by molar-refractivity contribution is 7.92. The minimum absolute atomic E-state index is 0.0981. The van der Waals surface area contributed by atoms with Crippen LogP contribution >= 0.6 is 23.2 Å². The molecule has 0 saturated heterocycles. The van der Waals surface area contributed by atoms with Crippen LogP contribution in [0.3, 0.4) is 0 Å². The van der Waals surface area contributed by atoms with Crippen molar-refractivity contribution in [3.8, 4) is 5.69 Å². The second-order valence-electron chi connectivity index (χ2n) is 10.2. The van der Waals surface area contributed by atoms with Gasteiger partial charge in [-0.25, -0.2) is 13.8 Å². The van der Waals surface area contributed by atoms with Gasteiger partial charge in [0.25, 0.3) is 15.9 Å². The standard InChI is InChI=1S/C31H32Cl2N4O3S/c1-20(2)24-8-10-28(11-9-24)36(41(39,40)30-12-6-21(3)7-13-30)19-31(38)35-34-18-25-14-22(4)37(23(25)5)29-16-26(32)15-27(33)17-29/h6-18,20H,19H2,1-5H3,(H,35,38)/b34-18-. The SMILES string of the molecule is Cc1ccc(S(=O)(=O)N(CC(=O)N/N=C\c2cc(C)n(-c3cc(Cl)cc(Cl)c3)c2C)c2ccc(C(C)C)cc2)cc1. The first-order valence-corrected chi connectivity index (χ1v) is 15.2. The zero-order valence-electron chi connectivity index (χ0n) is 23.5. The molecule has 1 aromatic heterocycles. The van der Waals surface area contributed by atoms with E-state index in [9.17, 15) is 13.2 Å². The van der Waals surface area contributed by atoms with Gasteiger partial charge in [0.15, 0.2) is 0 Å². The number of hydrogen-bond donors (Lipinski definition) is 1. The molecule has 3 aromatic carbocycles. The maximum absolute atomic E-state index is 13.6. The van der Waals surface area contributed by atoms with Crippen LogP contribution in [0.1, 0.15) is 47.8 Å². The van der Waals surface area contributed by atoms with Gasteiger partial charge in [-0.3, -0.25) is 9.10 Å². The lowest BCUT2D eigenvalue weighted by Gasteiger charge is -2.24. The van der Waals surface area contributed by atoms with Crippen molar-refractivity contribution in [3.63, 3.8) is 0 Å². The number of rotatable bonds is 9. The van der Waals surface area contributed by atoms with E-state index in [1.807, 2.05) is 55.7 Å². The van der Waals surface area contributed by atoms with E-state index in [4.69, 9.17) is 23.2 Å². The number of halogens is 2. The summed E-state index contributed by atoms with van der Waals surface area (Å²) in [6, 6.07) is 20.9. The number of nitrogens with one attached hydrogen (secondary N) is 1. The highest BCUT2D eigenvalue weighted by Gasteiger charge is 2.27. The minimum atomic E-state index is -4.03. The summed E-state index contributed by atoms with van der Waals surface area (Å²) < 4.78 is 30.4. The van der Waals surface area contributed by atoms with E-state index >= 15 is 0 Å². The van der Waals surface area contributed by atoms with Crippen LogP contribution in [0.2, 0.25) is 10.0 Å². The Morgan fingerprint density at radius 3 is 2.15 bits per heavy atom. The predicted molar refractivity (Wildman–Crippen MR) is 167 cm³/mol. The smallest absolute Gasteiger partial charge is 0.264 e. The van der Waals surface area contributed by atoms with Crippen molar-refractivity contribution in [2.45, 2.75) is 45.4 Å². The molecular formula is C31H32Cl2N4O3S. The van der Waals surface area contributed by atoms with E-state index in [0.29, 0.717) is 15.7 Å². The van der Waals surface area contributed by atoms with Gasteiger partial charge in [-0.1, -0.05) is 66.9 Å². The van der Waals surface area contributed by atoms with E-state index < -0.39 is 22.5 Å². The lowest BCUT2D eigenvalue weighted by atomic mass is 10.0. The lowest BCUT2D eigenvalue weighted by Crippen LogP contribution is -2.39. The Bertz CT molecular complexity index is 1670. The first-order chi connectivity index (χ1) is 19.4. The summed E-state index contributed by atoms with van der Waals surface area (Å²) >= 11 is 12.4. The second kappa shape index (κ2) is 12.5. The molecule has 4 rings (SSSR count). The van der Waals surface area contributed by atoms with Crippen LogP contribution in [0.5, 0.6) is 0 Å². The maximum atomic E-state index is 13.6. The van der Waals surface area contributed by atoms with Crippen LogP contribution < -0.4 is 9.73 Å². The Morgan fingerprint density at radius 1 is 0.951 bits per heavy atom. The summed E-state index contributed by atoms with van der Waals surface area (Å²) in [6.07, 6.45) is 1.53. The van der Waals surface area contributed by atoms with Crippen molar-refractivity contribution < 1.29 is 13.2 Å². The number of sulfonamides is 1.